The van der Waals surface area contributed by atoms with Crippen molar-refractivity contribution in [2.24, 2.45) is 11.8 Å². The molecular weight excluding hydrogens is 774 g/mol. The average molecular weight is 830 g/mol. The van der Waals surface area contributed by atoms with E-state index in [1.54, 1.807) is 4.90 Å². The minimum atomic E-state index is -0.704. The second-order valence-corrected chi connectivity index (χ2v) is 16.7. The molecule has 3 saturated heterocycles. The molecule has 0 saturated carbocycles. The predicted molar refractivity (Wildman–Crippen MR) is 211 cm³/mol. The molecule has 2 aromatic rings. The molecule has 0 bridgehead atoms. The van der Waals surface area contributed by atoms with E-state index in [0.29, 0.717) is 50.5 Å². The van der Waals surface area contributed by atoms with Gasteiger partial charge in [0, 0.05) is 54.1 Å². The van der Waals surface area contributed by atoms with Gasteiger partial charge in [0.1, 0.15) is 6.04 Å². The number of nitrogens with two attached hydrogens (primary N) is 1. The second-order valence-electron chi connectivity index (χ2n) is 15.0. The zero-order valence-electron chi connectivity index (χ0n) is 30.1. The summed E-state index contributed by atoms with van der Waals surface area (Å²) in [6.07, 6.45) is 11.5. The van der Waals surface area contributed by atoms with Crippen molar-refractivity contribution < 1.29 is 14.4 Å². The second kappa shape index (κ2) is 17.8. The zero-order chi connectivity index (χ0) is 35.9. The molecule has 3 fully saturated rings. The molecule has 0 aromatic heterocycles. The molecule has 12 heteroatoms. The molecule has 5 amide bonds. The van der Waals surface area contributed by atoms with Gasteiger partial charge in [-0.15, -0.1) is 0 Å². The fraction of sp³-hybridized carbons (Fsp3) is 0.615. The van der Waals surface area contributed by atoms with E-state index in [1.807, 2.05) is 46.2 Å². The number of nitrogens with one attached hydrogen (secondary N) is 2. The number of hydrogen-bond acceptors (Lipinski definition) is 5. The van der Waals surface area contributed by atoms with Gasteiger partial charge in [-0.1, -0.05) is 44.4 Å². The summed E-state index contributed by atoms with van der Waals surface area (Å²) in [6.45, 7) is 8.90. The lowest BCUT2D eigenvalue weighted by Gasteiger charge is -2.42. The van der Waals surface area contributed by atoms with Gasteiger partial charge in [-0.25, -0.2) is 9.59 Å². The van der Waals surface area contributed by atoms with Crippen LogP contribution in [0.4, 0.5) is 21.0 Å². The van der Waals surface area contributed by atoms with Gasteiger partial charge in [0.05, 0.1) is 11.4 Å². The fourth-order valence-electron chi connectivity index (χ4n) is 8.60. The first kappa shape index (κ1) is 37.9. The Morgan fingerprint density at radius 3 is 2.18 bits per heavy atom. The minimum absolute atomic E-state index is 0.00302. The predicted octanol–water partition coefficient (Wildman–Crippen LogP) is 7.14. The molecule has 10 nitrogen and oxygen atoms in total. The Bertz CT molecular complexity index is 1490. The standard InChI is InChI=1S/C39H55Br2N7O3/c1-2-3-4-7-16-45-17-10-28(11-18-45)29-12-19-46(20-13-29)37(49)34(25-27-23-32(40)36(42)33(41)24-27)44-39(51)47-21-14-31(15-22-47)48-35-9-6-5-8-30(35)26-43-38(48)50/h5-6,8-9,23-24,28-29,31,34H,2-4,7,10-22,25-26,42H2,1H3,(H,43,50)(H,44,51)/t34-/m1/s1. The van der Waals surface area contributed by atoms with E-state index in [4.69, 9.17) is 5.73 Å². The quantitative estimate of drug-likeness (QED) is 0.165. The molecular formula is C39H55Br2N7O3. The number of carbonyl (C=O) groups excluding carboxylic acids is 3. The van der Waals surface area contributed by atoms with Crippen LogP contribution in [0.15, 0.2) is 45.3 Å². The number of anilines is 2. The van der Waals surface area contributed by atoms with Crippen LogP contribution in [0, 0.1) is 11.8 Å². The maximum atomic E-state index is 14.2. The Balaban J connectivity index is 1.05. The van der Waals surface area contributed by atoms with Crippen molar-refractivity contribution in [3.05, 3.63) is 56.5 Å². The Kier molecular flexibility index (Phi) is 13.2. The molecule has 0 spiro atoms. The molecule has 6 rings (SSSR count). The number of benzene rings is 2. The topological polar surface area (TPSA) is 114 Å². The molecule has 0 unspecified atom stereocenters. The number of unbranched alkanes of at least 4 members (excludes halogenated alkanes) is 3. The highest BCUT2D eigenvalue weighted by Crippen LogP contribution is 2.34. The van der Waals surface area contributed by atoms with Crippen molar-refractivity contribution in [3.63, 3.8) is 0 Å². The number of nitrogens with zero attached hydrogens (tertiary/aromatic N) is 4. The van der Waals surface area contributed by atoms with Crippen molar-refractivity contribution in [1.82, 2.24) is 25.3 Å². The summed E-state index contributed by atoms with van der Waals surface area (Å²) >= 11 is 7.10. The normalized spacial score (nSPS) is 20.2. The average Bonchev–Trinajstić information content (AvgIpc) is 3.15. The maximum absolute atomic E-state index is 14.2. The lowest BCUT2D eigenvalue weighted by Crippen LogP contribution is -2.57. The first-order valence-electron chi connectivity index (χ1n) is 19.2. The number of hydrogen-bond donors (Lipinski definition) is 3. The van der Waals surface area contributed by atoms with Crippen LogP contribution < -0.4 is 21.3 Å². The number of nitrogen functional groups attached to an aromatic ring is 1. The summed E-state index contributed by atoms with van der Waals surface area (Å²) in [5.41, 5.74) is 9.73. The molecule has 0 radical (unpaired) electrons. The molecule has 4 N–H and O–H groups in total. The number of rotatable bonds is 11. The van der Waals surface area contributed by atoms with Crippen molar-refractivity contribution >= 4 is 61.2 Å². The molecule has 4 aliphatic heterocycles. The number of likely N-dealkylation sites (tertiary alicyclic amines) is 3. The number of halogens is 2. The van der Waals surface area contributed by atoms with Crippen LogP contribution in [0.2, 0.25) is 0 Å². The summed E-state index contributed by atoms with van der Waals surface area (Å²) in [5, 5.41) is 6.14. The number of amides is 5. The van der Waals surface area contributed by atoms with E-state index >= 15 is 0 Å². The summed E-state index contributed by atoms with van der Waals surface area (Å²) < 4.78 is 1.50. The van der Waals surface area contributed by atoms with E-state index in [0.717, 1.165) is 57.6 Å². The van der Waals surface area contributed by atoms with Crippen LogP contribution in [-0.4, -0.2) is 90.6 Å². The van der Waals surface area contributed by atoms with Crippen LogP contribution >= 0.6 is 31.9 Å². The van der Waals surface area contributed by atoms with Gasteiger partial charge in [-0.05, 0) is 138 Å². The third kappa shape index (κ3) is 9.40. The first-order chi connectivity index (χ1) is 24.7. The molecule has 51 heavy (non-hydrogen) atoms. The Labute approximate surface area is 320 Å². The smallest absolute Gasteiger partial charge is 0.322 e. The van der Waals surface area contributed by atoms with Crippen molar-refractivity contribution in [2.75, 3.05) is 56.4 Å². The van der Waals surface area contributed by atoms with Crippen molar-refractivity contribution in [1.29, 1.82) is 0 Å². The monoisotopic (exact) mass is 827 g/mol. The van der Waals surface area contributed by atoms with E-state index in [9.17, 15) is 14.4 Å². The van der Waals surface area contributed by atoms with Crippen LogP contribution in [0.25, 0.3) is 0 Å². The summed E-state index contributed by atoms with van der Waals surface area (Å²) in [4.78, 5) is 49.2. The van der Waals surface area contributed by atoms with Gasteiger partial charge >= 0.3 is 12.1 Å². The number of fused-ring (bicyclic) bond motifs is 1. The third-order valence-electron chi connectivity index (χ3n) is 11.7. The van der Waals surface area contributed by atoms with Crippen LogP contribution in [0.5, 0.6) is 0 Å². The van der Waals surface area contributed by atoms with Crippen LogP contribution in [-0.2, 0) is 17.8 Å². The van der Waals surface area contributed by atoms with Crippen LogP contribution in [0.1, 0.15) is 82.3 Å². The highest BCUT2D eigenvalue weighted by molar-refractivity contribution is 9.11. The largest absolute Gasteiger partial charge is 0.397 e. The van der Waals surface area contributed by atoms with Crippen LogP contribution in [0.3, 0.4) is 0 Å². The van der Waals surface area contributed by atoms with Gasteiger partial charge in [-0.2, -0.15) is 0 Å². The lowest BCUT2D eigenvalue weighted by molar-refractivity contribution is -0.135. The number of urea groups is 2. The first-order valence-corrected chi connectivity index (χ1v) is 20.7. The number of piperidine rings is 3. The highest BCUT2D eigenvalue weighted by atomic mass is 79.9. The Hall–Kier alpha value is -2.83. The number of carbonyl (C=O) groups is 3. The molecule has 2 aromatic carbocycles. The molecule has 4 aliphatic rings. The SMILES string of the molecule is CCCCCCN1CCC(C2CCN(C(=O)[C@@H](Cc3cc(Br)c(N)c(Br)c3)NC(=O)N3CCC(N4C(=O)NCc5ccccc54)CC3)CC2)CC1. The molecule has 4 heterocycles. The summed E-state index contributed by atoms with van der Waals surface area (Å²) in [5.74, 6) is 1.37. The lowest BCUT2D eigenvalue weighted by atomic mass is 9.78. The number of para-hydroxylation sites is 1. The molecule has 0 aliphatic carbocycles. The van der Waals surface area contributed by atoms with E-state index in [1.165, 1.54) is 58.2 Å². The summed E-state index contributed by atoms with van der Waals surface area (Å²) in [6, 6.07) is 10.8. The van der Waals surface area contributed by atoms with Crippen molar-refractivity contribution in [3.8, 4) is 0 Å². The van der Waals surface area contributed by atoms with Gasteiger partial charge in [-0.3, -0.25) is 9.69 Å². The zero-order valence-corrected chi connectivity index (χ0v) is 33.2. The van der Waals surface area contributed by atoms with Gasteiger partial charge in [0.2, 0.25) is 5.91 Å². The van der Waals surface area contributed by atoms with E-state index < -0.39 is 6.04 Å². The minimum Gasteiger partial charge on any atom is -0.397 e. The highest BCUT2D eigenvalue weighted by Gasteiger charge is 2.37. The fourth-order valence-corrected chi connectivity index (χ4v) is 9.88. The van der Waals surface area contributed by atoms with Crippen molar-refractivity contribution in [2.45, 2.75) is 96.2 Å². The van der Waals surface area contributed by atoms with E-state index in [-0.39, 0.29) is 24.0 Å². The Morgan fingerprint density at radius 2 is 1.51 bits per heavy atom. The van der Waals surface area contributed by atoms with Gasteiger partial charge < -0.3 is 31.1 Å². The van der Waals surface area contributed by atoms with Gasteiger partial charge in [0.25, 0.3) is 0 Å². The third-order valence-corrected chi connectivity index (χ3v) is 13.0. The Morgan fingerprint density at radius 1 is 0.882 bits per heavy atom. The molecule has 1 atom stereocenters. The summed E-state index contributed by atoms with van der Waals surface area (Å²) in [7, 11) is 0. The maximum Gasteiger partial charge on any atom is 0.322 e. The van der Waals surface area contributed by atoms with E-state index in [2.05, 4.69) is 54.3 Å². The molecule has 278 valence electrons. The van der Waals surface area contributed by atoms with Gasteiger partial charge in [0.15, 0.2) is 0 Å².